The Kier molecular flexibility index (Phi) is 4.96. The summed E-state index contributed by atoms with van der Waals surface area (Å²) in [5, 5.41) is 4.01. The smallest absolute Gasteiger partial charge is 0.274 e. The molecule has 3 rings (SSSR count). The molecule has 126 valence electrons. The maximum absolute atomic E-state index is 12.0. The van der Waals surface area contributed by atoms with Crippen molar-refractivity contribution in [3.05, 3.63) is 53.0 Å². The number of hydrazone groups is 1. The van der Waals surface area contributed by atoms with E-state index in [-0.39, 0.29) is 5.91 Å². The van der Waals surface area contributed by atoms with Crippen molar-refractivity contribution in [3.8, 4) is 0 Å². The first-order chi connectivity index (χ1) is 11.6. The van der Waals surface area contributed by atoms with Crippen molar-refractivity contribution in [1.29, 1.82) is 0 Å². The van der Waals surface area contributed by atoms with E-state index in [0.717, 1.165) is 31.9 Å². The molecule has 0 saturated carbocycles. The summed E-state index contributed by atoms with van der Waals surface area (Å²) in [6, 6.07) is 9.77. The Morgan fingerprint density at radius 1 is 1.21 bits per heavy atom. The lowest BCUT2D eigenvalue weighted by Crippen LogP contribution is -2.36. The Morgan fingerprint density at radius 2 is 1.92 bits per heavy atom. The molecule has 0 atom stereocenters. The number of carbonyl (C=O) groups is 1. The van der Waals surface area contributed by atoms with E-state index in [9.17, 15) is 4.79 Å². The zero-order valence-corrected chi connectivity index (χ0v) is 13.9. The molecule has 6 heteroatoms. The second kappa shape index (κ2) is 7.31. The van der Waals surface area contributed by atoms with Gasteiger partial charge in [0.2, 0.25) is 0 Å². The summed E-state index contributed by atoms with van der Waals surface area (Å²) in [6.07, 6.45) is 1.63. The van der Waals surface area contributed by atoms with Crippen LogP contribution in [0.1, 0.15) is 27.4 Å². The third kappa shape index (κ3) is 3.83. The minimum atomic E-state index is -0.273. The first-order valence-electron chi connectivity index (χ1n) is 7.96. The molecule has 6 nitrogen and oxygen atoms in total. The van der Waals surface area contributed by atoms with Gasteiger partial charge in [0, 0.05) is 18.8 Å². The SMILES string of the molecule is Cc1cc(C(=O)N/N=C\c2ccc(N3CCOCC3)cc2)c(C)o1. The van der Waals surface area contributed by atoms with Gasteiger partial charge in [-0.3, -0.25) is 4.79 Å². The van der Waals surface area contributed by atoms with Crippen LogP contribution in [-0.2, 0) is 4.74 Å². The summed E-state index contributed by atoms with van der Waals surface area (Å²) in [4.78, 5) is 14.3. The van der Waals surface area contributed by atoms with Crippen LogP contribution in [0.2, 0.25) is 0 Å². The molecule has 24 heavy (non-hydrogen) atoms. The number of aryl methyl sites for hydroxylation is 2. The number of ether oxygens (including phenoxy) is 1. The van der Waals surface area contributed by atoms with E-state index in [4.69, 9.17) is 9.15 Å². The fourth-order valence-electron chi connectivity index (χ4n) is 2.67. The molecule has 1 fully saturated rings. The molecule has 0 radical (unpaired) electrons. The largest absolute Gasteiger partial charge is 0.466 e. The lowest BCUT2D eigenvalue weighted by molar-refractivity contribution is 0.0953. The number of furan rings is 1. The van der Waals surface area contributed by atoms with E-state index in [1.807, 2.05) is 19.1 Å². The van der Waals surface area contributed by atoms with E-state index in [0.29, 0.717) is 17.1 Å². The number of amides is 1. The Morgan fingerprint density at radius 3 is 2.54 bits per heavy atom. The molecule has 1 saturated heterocycles. The van der Waals surface area contributed by atoms with Gasteiger partial charge in [-0.15, -0.1) is 0 Å². The van der Waals surface area contributed by atoms with Crippen LogP contribution in [0.15, 0.2) is 39.9 Å². The summed E-state index contributed by atoms with van der Waals surface area (Å²) in [6.45, 7) is 6.92. The molecule has 0 aliphatic carbocycles. The van der Waals surface area contributed by atoms with Crippen molar-refractivity contribution in [2.75, 3.05) is 31.2 Å². The molecule has 1 aromatic carbocycles. The molecule has 1 aromatic heterocycles. The normalized spacial score (nSPS) is 15.0. The van der Waals surface area contributed by atoms with Gasteiger partial charge >= 0.3 is 0 Å². The third-order valence-corrected chi connectivity index (χ3v) is 3.93. The van der Waals surface area contributed by atoms with Crippen LogP contribution in [0, 0.1) is 13.8 Å². The molecular weight excluding hydrogens is 306 g/mol. The molecule has 1 aliphatic rings. The van der Waals surface area contributed by atoms with Gasteiger partial charge in [-0.1, -0.05) is 12.1 Å². The van der Waals surface area contributed by atoms with Crippen molar-refractivity contribution in [2.45, 2.75) is 13.8 Å². The maximum Gasteiger partial charge on any atom is 0.274 e. The van der Waals surface area contributed by atoms with E-state index in [1.54, 1.807) is 19.2 Å². The Balaban J connectivity index is 1.58. The molecule has 2 heterocycles. The molecule has 0 spiro atoms. The molecule has 0 bridgehead atoms. The molecule has 2 aromatic rings. The summed E-state index contributed by atoms with van der Waals surface area (Å²) in [5.74, 6) is 1.03. The summed E-state index contributed by atoms with van der Waals surface area (Å²) < 4.78 is 10.7. The minimum Gasteiger partial charge on any atom is -0.466 e. The zero-order valence-electron chi connectivity index (χ0n) is 13.9. The van der Waals surface area contributed by atoms with E-state index < -0.39 is 0 Å². The number of benzene rings is 1. The van der Waals surface area contributed by atoms with Crippen LogP contribution >= 0.6 is 0 Å². The van der Waals surface area contributed by atoms with Crippen molar-refractivity contribution in [1.82, 2.24) is 5.43 Å². The van der Waals surface area contributed by atoms with Crippen LogP contribution in [-0.4, -0.2) is 38.4 Å². The lowest BCUT2D eigenvalue weighted by Gasteiger charge is -2.28. The highest BCUT2D eigenvalue weighted by molar-refractivity contribution is 5.95. The van der Waals surface area contributed by atoms with Gasteiger partial charge < -0.3 is 14.1 Å². The lowest BCUT2D eigenvalue weighted by atomic mass is 10.2. The number of anilines is 1. The fraction of sp³-hybridized carbons (Fsp3) is 0.333. The third-order valence-electron chi connectivity index (χ3n) is 3.93. The van der Waals surface area contributed by atoms with Crippen molar-refractivity contribution >= 4 is 17.8 Å². The van der Waals surface area contributed by atoms with E-state index in [1.165, 1.54) is 5.69 Å². The number of morpholine rings is 1. The topological polar surface area (TPSA) is 67.1 Å². The highest BCUT2D eigenvalue weighted by Crippen LogP contribution is 2.16. The number of nitrogens with one attached hydrogen (secondary N) is 1. The number of hydrogen-bond acceptors (Lipinski definition) is 5. The molecule has 1 amide bonds. The first kappa shape index (κ1) is 16.3. The predicted octanol–water partition coefficient (Wildman–Crippen LogP) is 2.50. The average molecular weight is 327 g/mol. The van der Waals surface area contributed by atoms with Gasteiger partial charge in [-0.2, -0.15) is 5.10 Å². The van der Waals surface area contributed by atoms with Crippen molar-refractivity contribution in [3.63, 3.8) is 0 Å². The monoisotopic (exact) mass is 327 g/mol. The van der Waals surface area contributed by atoms with Gasteiger partial charge in [-0.25, -0.2) is 5.43 Å². The second-order valence-electron chi connectivity index (χ2n) is 5.72. The Hall–Kier alpha value is -2.60. The van der Waals surface area contributed by atoms with Crippen LogP contribution in [0.5, 0.6) is 0 Å². The highest BCUT2D eigenvalue weighted by atomic mass is 16.5. The Labute approximate surface area is 141 Å². The van der Waals surface area contributed by atoms with Crippen LogP contribution in [0.25, 0.3) is 0 Å². The molecule has 1 aliphatic heterocycles. The summed E-state index contributed by atoms with van der Waals surface area (Å²) in [5.41, 5.74) is 5.12. The van der Waals surface area contributed by atoms with Crippen LogP contribution in [0.3, 0.4) is 0 Å². The number of nitrogens with zero attached hydrogens (tertiary/aromatic N) is 2. The first-order valence-corrected chi connectivity index (χ1v) is 7.96. The quantitative estimate of drug-likeness (QED) is 0.692. The highest BCUT2D eigenvalue weighted by Gasteiger charge is 2.12. The van der Waals surface area contributed by atoms with Gasteiger partial charge in [0.1, 0.15) is 11.5 Å². The van der Waals surface area contributed by atoms with Gasteiger partial charge in [0.15, 0.2) is 0 Å². The molecular formula is C18H21N3O3. The van der Waals surface area contributed by atoms with E-state index >= 15 is 0 Å². The number of hydrogen-bond donors (Lipinski definition) is 1. The summed E-state index contributed by atoms with van der Waals surface area (Å²) in [7, 11) is 0. The van der Waals surface area contributed by atoms with Crippen LogP contribution < -0.4 is 10.3 Å². The Bertz CT molecular complexity index is 728. The van der Waals surface area contributed by atoms with Gasteiger partial charge in [0.05, 0.1) is 25.0 Å². The minimum absolute atomic E-state index is 0.273. The molecule has 0 unspecified atom stereocenters. The maximum atomic E-state index is 12.0. The average Bonchev–Trinajstić information content (AvgIpc) is 2.95. The second-order valence-corrected chi connectivity index (χ2v) is 5.72. The van der Waals surface area contributed by atoms with Gasteiger partial charge in [0.25, 0.3) is 5.91 Å². The van der Waals surface area contributed by atoms with Gasteiger partial charge in [-0.05, 0) is 37.6 Å². The van der Waals surface area contributed by atoms with E-state index in [2.05, 4.69) is 27.6 Å². The summed E-state index contributed by atoms with van der Waals surface area (Å²) >= 11 is 0. The van der Waals surface area contributed by atoms with Crippen molar-refractivity contribution in [2.24, 2.45) is 5.10 Å². The molecule has 1 N–H and O–H groups in total. The number of carbonyl (C=O) groups excluding carboxylic acids is 1. The number of rotatable bonds is 4. The zero-order chi connectivity index (χ0) is 16.9. The standard InChI is InChI=1S/C18H21N3O3/c1-13-11-17(14(2)24-13)18(22)20-19-12-15-3-5-16(6-4-15)21-7-9-23-10-8-21/h3-6,11-12H,7-10H2,1-2H3,(H,20,22)/b19-12-. The predicted molar refractivity (Wildman–Crippen MR) is 92.7 cm³/mol. The van der Waals surface area contributed by atoms with Crippen LogP contribution in [0.4, 0.5) is 5.69 Å². The van der Waals surface area contributed by atoms with Crippen molar-refractivity contribution < 1.29 is 13.9 Å². The fourth-order valence-corrected chi connectivity index (χ4v) is 2.67.